The minimum Gasteiger partial charge on any atom is -0.261 e. The quantitative estimate of drug-likeness (QED) is 0.627. The van der Waals surface area contributed by atoms with Gasteiger partial charge in [-0.3, -0.25) is 4.98 Å². The van der Waals surface area contributed by atoms with Crippen LogP contribution >= 0.6 is 0 Å². The molecule has 1 aromatic rings. The summed E-state index contributed by atoms with van der Waals surface area (Å²) in [4.78, 5) is 4.46. The van der Waals surface area contributed by atoms with Crippen LogP contribution < -0.4 is 0 Å². The molecule has 0 saturated carbocycles. The van der Waals surface area contributed by atoms with Gasteiger partial charge in [0.1, 0.15) is 0 Å². The molecule has 0 amide bonds. The first-order chi connectivity index (χ1) is 6.33. The van der Waals surface area contributed by atoms with Crippen LogP contribution in [-0.4, -0.2) is 4.98 Å². The number of pyridine rings is 1. The molecule has 2 atom stereocenters. The lowest BCUT2D eigenvalue weighted by Gasteiger charge is -2.14. The van der Waals surface area contributed by atoms with Gasteiger partial charge >= 0.3 is 0 Å². The summed E-state index contributed by atoms with van der Waals surface area (Å²) in [7, 11) is 0. The van der Waals surface area contributed by atoms with Crippen LogP contribution in [0, 0.1) is 5.92 Å². The largest absolute Gasteiger partial charge is 0.261 e. The Labute approximate surface area is 79.5 Å². The van der Waals surface area contributed by atoms with Gasteiger partial charge in [-0.15, -0.1) is 6.58 Å². The summed E-state index contributed by atoms with van der Waals surface area (Å²) in [6, 6.07) is 4.22. The van der Waals surface area contributed by atoms with Gasteiger partial charge in [-0.05, 0) is 30.4 Å². The Balaban J connectivity index is 2.33. The number of rotatable bonds is 2. The van der Waals surface area contributed by atoms with Crippen LogP contribution in [-0.2, 0) is 6.42 Å². The Morgan fingerprint density at radius 1 is 1.69 bits per heavy atom. The predicted molar refractivity (Wildman–Crippen MR) is 54.7 cm³/mol. The summed E-state index contributed by atoms with van der Waals surface area (Å²) in [5.74, 6) is 1.16. The lowest BCUT2D eigenvalue weighted by atomic mass is 9.92. The molecule has 1 heteroatoms. The summed E-state index contributed by atoms with van der Waals surface area (Å²) in [6.07, 6.45) is 6.35. The number of nitrogens with zero attached hydrogens (tertiary/aromatic N) is 1. The summed E-state index contributed by atoms with van der Waals surface area (Å²) < 4.78 is 0. The van der Waals surface area contributed by atoms with E-state index >= 15 is 0 Å². The van der Waals surface area contributed by atoms with Gasteiger partial charge in [-0.2, -0.15) is 0 Å². The number of aryl methyl sites for hydroxylation is 1. The number of aromatic nitrogens is 1. The molecule has 1 aliphatic carbocycles. The van der Waals surface area contributed by atoms with Crippen LogP contribution in [0.5, 0.6) is 0 Å². The van der Waals surface area contributed by atoms with Gasteiger partial charge in [0, 0.05) is 17.8 Å². The van der Waals surface area contributed by atoms with Crippen molar-refractivity contribution in [1.82, 2.24) is 4.98 Å². The van der Waals surface area contributed by atoms with Crippen molar-refractivity contribution in [3.8, 4) is 0 Å². The topological polar surface area (TPSA) is 12.9 Å². The maximum atomic E-state index is 4.46. The van der Waals surface area contributed by atoms with Crippen molar-refractivity contribution in [3.05, 3.63) is 42.2 Å². The molecule has 1 nitrogen and oxygen atoms in total. The maximum Gasteiger partial charge on any atom is 0.0472 e. The van der Waals surface area contributed by atoms with Crippen LogP contribution in [0.25, 0.3) is 0 Å². The molecule has 13 heavy (non-hydrogen) atoms. The molecule has 0 unspecified atom stereocenters. The fourth-order valence-electron chi connectivity index (χ4n) is 2.12. The number of fused-ring (bicyclic) bond motifs is 1. The fraction of sp³-hybridized carbons (Fsp3) is 0.417. The SMILES string of the molecule is C=C[C@@H](C)[C@@H]1CCc2cccnc21. The van der Waals surface area contributed by atoms with E-state index in [-0.39, 0.29) is 0 Å². The van der Waals surface area contributed by atoms with Crippen LogP contribution in [0.3, 0.4) is 0 Å². The van der Waals surface area contributed by atoms with Crippen molar-refractivity contribution in [2.45, 2.75) is 25.7 Å². The van der Waals surface area contributed by atoms with Crippen molar-refractivity contribution in [2.24, 2.45) is 5.92 Å². The summed E-state index contributed by atoms with van der Waals surface area (Å²) in [5.41, 5.74) is 2.73. The zero-order valence-corrected chi connectivity index (χ0v) is 8.03. The molecule has 0 spiro atoms. The van der Waals surface area contributed by atoms with Gasteiger partial charge in [-0.1, -0.05) is 19.1 Å². The lowest BCUT2D eigenvalue weighted by molar-refractivity contribution is 0.534. The molecule has 0 saturated heterocycles. The first-order valence-electron chi connectivity index (χ1n) is 4.89. The minimum absolute atomic E-state index is 0.552. The van der Waals surface area contributed by atoms with Gasteiger partial charge in [-0.25, -0.2) is 0 Å². The summed E-state index contributed by atoms with van der Waals surface area (Å²) >= 11 is 0. The van der Waals surface area contributed by atoms with Crippen LogP contribution in [0.15, 0.2) is 31.0 Å². The third-order valence-electron chi connectivity index (χ3n) is 3.01. The van der Waals surface area contributed by atoms with E-state index in [1.54, 1.807) is 0 Å². The highest BCUT2D eigenvalue weighted by molar-refractivity contribution is 5.29. The Hall–Kier alpha value is -1.11. The highest BCUT2D eigenvalue weighted by Gasteiger charge is 2.26. The number of hydrogen-bond donors (Lipinski definition) is 0. The van der Waals surface area contributed by atoms with Crippen LogP contribution in [0.2, 0.25) is 0 Å². The standard InChI is InChI=1S/C12H15N/c1-3-9(2)11-7-6-10-5-4-8-13-12(10)11/h3-5,8-9,11H,1,6-7H2,2H3/t9-,11+/m1/s1. The first kappa shape index (κ1) is 8.49. The number of allylic oxidation sites excluding steroid dienone is 1. The van der Waals surface area contributed by atoms with E-state index in [2.05, 4.69) is 24.6 Å². The first-order valence-corrected chi connectivity index (χ1v) is 4.89. The molecule has 1 aromatic heterocycles. The van der Waals surface area contributed by atoms with Gasteiger partial charge in [0.25, 0.3) is 0 Å². The van der Waals surface area contributed by atoms with Gasteiger partial charge < -0.3 is 0 Å². The lowest BCUT2D eigenvalue weighted by Crippen LogP contribution is -2.04. The molecule has 0 fully saturated rings. The molecular formula is C12H15N. The third-order valence-corrected chi connectivity index (χ3v) is 3.01. The maximum absolute atomic E-state index is 4.46. The number of hydrogen-bond acceptors (Lipinski definition) is 1. The third kappa shape index (κ3) is 1.39. The average Bonchev–Trinajstić information content (AvgIpc) is 2.60. The van der Waals surface area contributed by atoms with Crippen molar-refractivity contribution >= 4 is 0 Å². The van der Waals surface area contributed by atoms with Crippen LogP contribution in [0.4, 0.5) is 0 Å². The molecule has 0 radical (unpaired) electrons. The minimum atomic E-state index is 0.552. The van der Waals surface area contributed by atoms with E-state index in [0.29, 0.717) is 11.8 Å². The van der Waals surface area contributed by atoms with E-state index in [0.717, 1.165) is 0 Å². The highest BCUT2D eigenvalue weighted by Crippen LogP contribution is 2.36. The molecule has 0 bridgehead atoms. The van der Waals surface area contributed by atoms with E-state index in [9.17, 15) is 0 Å². The van der Waals surface area contributed by atoms with E-state index in [4.69, 9.17) is 0 Å². The van der Waals surface area contributed by atoms with Crippen LogP contribution in [0.1, 0.15) is 30.5 Å². The second kappa shape index (κ2) is 3.33. The Morgan fingerprint density at radius 3 is 3.31 bits per heavy atom. The van der Waals surface area contributed by atoms with Crippen molar-refractivity contribution in [2.75, 3.05) is 0 Å². The van der Waals surface area contributed by atoms with E-state index in [1.807, 2.05) is 18.3 Å². The summed E-state index contributed by atoms with van der Waals surface area (Å²) in [5, 5.41) is 0. The molecule has 0 aromatic carbocycles. The Morgan fingerprint density at radius 2 is 2.54 bits per heavy atom. The van der Waals surface area contributed by atoms with Gasteiger partial charge in [0.15, 0.2) is 0 Å². The highest BCUT2D eigenvalue weighted by atomic mass is 14.7. The van der Waals surface area contributed by atoms with Crippen molar-refractivity contribution in [1.29, 1.82) is 0 Å². The average molecular weight is 173 g/mol. The second-order valence-electron chi connectivity index (χ2n) is 3.79. The predicted octanol–water partition coefficient (Wildman–Crippen LogP) is 2.93. The zero-order valence-electron chi connectivity index (χ0n) is 8.03. The molecule has 2 rings (SSSR count). The van der Waals surface area contributed by atoms with Crippen molar-refractivity contribution < 1.29 is 0 Å². The molecule has 0 aliphatic heterocycles. The summed E-state index contributed by atoms with van der Waals surface area (Å²) in [6.45, 7) is 6.07. The Bertz CT molecular complexity index is 317. The molecule has 0 N–H and O–H groups in total. The Kier molecular flexibility index (Phi) is 2.17. The zero-order chi connectivity index (χ0) is 9.26. The van der Waals surface area contributed by atoms with Crippen molar-refractivity contribution in [3.63, 3.8) is 0 Å². The molecule has 1 aliphatic rings. The van der Waals surface area contributed by atoms with E-state index in [1.165, 1.54) is 24.1 Å². The monoisotopic (exact) mass is 173 g/mol. The molecular weight excluding hydrogens is 158 g/mol. The van der Waals surface area contributed by atoms with Gasteiger partial charge in [0.05, 0.1) is 0 Å². The fourth-order valence-corrected chi connectivity index (χ4v) is 2.12. The van der Waals surface area contributed by atoms with E-state index < -0.39 is 0 Å². The normalized spacial score (nSPS) is 22.4. The molecule has 68 valence electrons. The smallest absolute Gasteiger partial charge is 0.0472 e. The molecule has 1 heterocycles. The van der Waals surface area contributed by atoms with Gasteiger partial charge in [0.2, 0.25) is 0 Å². The second-order valence-corrected chi connectivity index (χ2v) is 3.79.